The molecule has 96 valence electrons. The second kappa shape index (κ2) is 5.08. The normalized spacial score (nSPS) is 10.6. The van der Waals surface area contributed by atoms with Gasteiger partial charge < -0.3 is 9.64 Å². The molecular formula is C13H17N3O2. The smallest absolute Gasteiger partial charge is 0.240 e. The number of fused-ring (bicyclic) bond motifs is 1. The highest BCUT2D eigenvalue weighted by Crippen LogP contribution is 2.23. The van der Waals surface area contributed by atoms with E-state index in [-0.39, 0.29) is 5.91 Å². The molecule has 2 rings (SSSR count). The number of benzene rings is 1. The second-order valence-corrected chi connectivity index (χ2v) is 4.33. The van der Waals surface area contributed by atoms with Crippen LogP contribution in [0.1, 0.15) is 6.42 Å². The van der Waals surface area contributed by atoms with Gasteiger partial charge >= 0.3 is 0 Å². The van der Waals surface area contributed by atoms with Crippen LogP contribution in [0.25, 0.3) is 10.9 Å². The van der Waals surface area contributed by atoms with Crippen molar-refractivity contribution in [2.75, 3.05) is 20.7 Å². The van der Waals surface area contributed by atoms with Crippen molar-refractivity contribution in [1.29, 1.82) is 0 Å². The SMILES string of the molecule is CN(C)C(=O)CCOc1nn(C)c2ccccc12. The predicted octanol–water partition coefficient (Wildman–Crippen LogP) is 1.43. The van der Waals surface area contributed by atoms with Crippen LogP contribution in [0.5, 0.6) is 5.88 Å². The van der Waals surface area contributed by atoms with E-state index in [0.29, 0.717) is 18.9 Å². The summed E-state index contributed by atoms with van der Waals surface area (Å²) in [7, 11) is 5.34. The number of nitrogens with zero attached hydrogens (tertiary/aromatic N) is 3. The minimum Gasteiger partial charge on any atom is -0.476 e. The van der Waals surface area contributed by atoms with Crippen molar-refractivity contribution in [3.8, 4) is 5.88 Å². The fraction of sp³-hybridized carbons (Fsp3) is 0.385. The van der Waals surface area contributed by atoms with Crippen molar-refractivity contribution >= 4 is 16.8 Å². The van der Waals surface area contributed by atoms with Crippen LogP contribution in [-0.4, -0.2) is 41.3 Å². The van der Waals surface area contributed by atoms with Crippen molar-refractivity contribution in [3.63, 3.8) is 0 Å². The van der Waals surface area contributed by atoms with Crippen LogP contribution in [-0.2, 0) is 11.8 Å². The fourth-order valence-electron chi connectivity index (χ4n) is 1.75. The number of aromatic nitrogens is 2. The van der Waals surface area contributed by atoms with Crippen molar-refractivity contribution in [2.24, 2.45) is 7.05 Å². The topological polar surface area (TPSA) is 47.4 Å². The summed E-state index contributed by atoms with van der Waals surface area (Å²) in [5.74, 6) is 0.634. The van der Waals surface area contributed by atoms with E-state index >= 15 is 0 Å². The van der Waals surface area contributed by atoms with Gasteiger partial charge in [0.25, 0.3) is 0 Å². The minimum absolute atomic E-state index is 0.0511. The molecule has 0 aliphatic carbocycles. The number of para-hydroxylation sites is 1. The van der Waals surface area contributed by atoms with Crippen LogP contribution in [0, 0.1) is 0 Å². The maximum Gasteiger partial charge on any atom is 0.240 e. The summed E-state index contributed by atoms with van der Waals surface area (Å²) in [6.07, 6.45) is 0.359. The summed E-state index contributed by atoms with van der Waals surface area (Å²) < 4.78 is 7.36. The van der Waals surface area contributed by atoms with E-state index in [0.717, 1.165) is 10.9 Å². The molecule has 5 nitrogen and oxygen atoms in total. The van der Waals surface area contributed by atoms with Gasteiger partial charge in [0.05, 0.1) is 23.9 Å². The lowest BCUT2D eigenvalue weighted by Crippen LogP contribution is -2.23. The van der Waals surface area contributed by atoms with Crippen molar-refractivity contribution in [2.45, 2.75) is 6.42 Å². The van der Waals surface area contributed by atoms with Gasteiger partial charge in [0, 0.05) is 21.1 Å². The number of rotatable bonds is 4. The van der Waals surface area contributed by atoms with Crippen molar-refractivity contribution in [3.05, 3.63) is 24.3 Å². The number of hydrogen-bond donors (Lipinski definition) is 0. The Morgan fingerprint density at radius 2 is 2.11 bits per heavy atom. The molecule has 0 fully saturated rings. The number of carbonyl (C=O) groups excluding carboxylic acids is 1. The highest BCUT2D eigenvalue weighted by atomic mass is 16.5. The molecule has 0 saturated carbocycles. The van der Waals surface area contributed by atoms with Crippen LogP contribution in [0.4, 0.5) is 0 Å². The third-order valence-corrected chi connectivity index (χ3v) is 2.78. The molecule has 5 heteroatoms. The first kappa shape index (κ1) is 12.4. The van der Waals surface area contributed by atoms with Gasteiger partial charge in [-0.05, 0) is 12.1 Å². The first-order chi connectivity index (χ1) is 8.59. The summed E-state index contributed by atoms with van der Waals surface area (Å²) in [5.41, 5.74) is 1.02. The molecule has 1 amide bonds. The molecule has 18 heavy (non-hydrogen) atoms. The van der Waals surface area contributed by atoms with Crippen LogP contribution >= 0.6 is 0 Å². The van der Waals surface area contributed by atoms with E-state index in [1.165, 1.54) is 0 Å². The fourth-order valence-corrected chi connectivity index (χ4v) is 1.75. The Balaban J connectivity index is 2.06. The van der Waals surface area contributed by atoms with E-state index in [1.807, 2.05) is 31.3 Å². The summed E-state index contributed by atoms with van der Waals surface area (Å²) >= 11 is 0. The highest BCUT2D eigenvalue weighted by Gasteiger charge is 2.10. The zero-order chi connectivity index (χ0) is 13.1. The first-order valence-electron chi connectivity index (χ1n) is 5.84. The lowest BCUT2D eigenvalue weighted by molar-refractivity contribution is -0.129. The Hall–Kier alpha value is -2.04. The van der Waals surface area contributed by atoms with Gasteiger partial charge in [-0.25, -0.2) is 0 Å². The quantitative estimate of drug-likeness (QED) is 0.821. The van der Waals surface area contributed by atoms with Gasteiger partial charge in [-0.3, -0.25) is 9.48 Å². The average Bonchev–Trinajstić information content (AvgIpc) is 2.67. The molecule has 2 aromatic rings. The van der Waals surface area contributed by atoms with Crippen LogP contribution < -0.4 is 4.74 Å². The number of amides is 1. The largest absolute Gasteiger partial charge is 0.476 e. The lowest BCUT2D eigenvalue weighted by Gasteiger charge is -2.09. The Labute approximate surface area is 106 Å². The van der Waals surface area contributed by atoms with Gasteiger partial charge in [-0.1, -0.05) is 12.1 Å². The Kier molecular flexibility index (Phi) is 3.50. The molecule has 0 aliphatic rings. The summed E-state index contributed by atoms with van der Waals surface area (Å²) in [6.45, 7) is 0.345. The molecule has 0 N–H and O–H groups in total. The molecule has 0 radical (unpaired) electrons. The maximum atomic E-state index is 11.4. The lowest BCUT2D eigenvalue weighted by atomic mass is 10.2. The monoisotopic (exact) mass is 247 g/mol. The molecule has 0 aliphatic heterocycles. The summed E-state index contributed by atoms with van der Waals surface area (Å²) in [6, 6.07) is 7.86. The molecule has 0 spiro atoms. The zero-order valence-corrected chi connectivity index (χ0v) is 10.9. The average molecular weight is 247 g/mol. The highest BCUT2D eigenvalue weighted by molar-refractivity contribution is 5.84. The van der Waals surface area contributed by atoms with E-state index in [4.69, 9.17) is 4.74 Å². The molecule has 0 atom stereocenters. The molecule has 1 heterocycles. The van der Waals surface area contributed by atoms with Crippen LogP contribution in [0.2, 0.25) is 0 Å². The number of hydrogen-bond acceptors (Lipinski definition) is 3. The second-order valence-electron chi connectivity index (χ2n) is 4.33. The van der Waals surface area contributed by atoms with E-state index in [9.17, 15) is 4.79 Å². The Morgan fingerprint density at radius 1 is 1.39 bits per heavy atom. The third kappa shape index (κ3) is 2.45. The van der Waals surface area contributed by atoms with E-state index < -0.39 is 0 Å². The third-order valence-electron chi connectivity index (χ3n) is 2.78. The number of ether oxygens (including phenoxy) is 1. The predicted molar refractivity (Wildman–Crippen MR) is 69.5 cm³/mol. The first-order valence-corrected chi connectivity index (χ1v) is 5.84. The molecular weight excluding hydrogens is 230 g/mol. The molecule has 0 saturated heterocycles. The van der Waals surface area contributed by atoms with Crippen molar-refractivity contribution < 1.29 is 9.53 Å². The molecule has 1 aromatic carbocycles. The molecule has 0 bridgehead atoms. The molecule has 0 unspecified atom stereocenters. The Bertz CT molecular complexity index is 560. The summed E-state index contributed by atoms with van der Waals surface area (Å²) in [4.78, 5) is 13.0. The van der Waals surface area contributed by atoms with Crippen molar-refractivity contribution in [1.82, 2.24) is 14.7 Å². The zero-order valence-electron chi connectivity index (χ0n) is 10.9. The minimum atomic E-state index is 0.0511. The summed E-state index contributed by atoms with van der Waals surface area (Å²) in [5, 5.41) is 5.27. The van der Waals surface area contributed by atoms with Gasteiger partial charge in [-0.2, -0.15) is 0 Å². The van der Waals surface area contributed by atoms with Gasteiger partial charge in [0.2, 0.25) is 11.8 Å². The van der Waals surface area contributed by atoms with Gasteiger partial charge in [-0.15, -0.1) is 5.10 Å². The van der Waals surface area contributed by atoms with Crippen LogP contribution in [0.15, 0.2) is 24.3 Å². The molecule has 1 aromatic heterocycles. The number of carbonyl (C=O) groups is 1. The Morgan fingerprint density at radius 3 is 2.83 bits per heavy atom. The maximum absolute atomic E-state index is 11.4. The standard InChI is InChI=1S/C13H17N3O2/c1-15(2)12(17)8-9-18-13-10-6-4-5-7-11(10)16(3)14-13/h4-7H,8-9H2,1-3H3. The number of aryl methyl sites for hydroxylation is 1. The van der Waals surface area contributed by atoms with E-state index in [2.05, 4.69) is 5.10 Å². The van der Waals surface area contributed by atoms with Gasteiger partial charge in [0.1, 0.15) is 0 Å². The van der Waals surface area contributed by atoms with E-state index in [1.54, 1.807) is 23.7 Å². The van der Waals surface area contributed by atoms with Crippen LogP contribution in [0.3, 0.4) is 0 Å². The van der Waals surface area contributed by atoms with Gasteiger partial charge in [0.15, 0.2) is 0 Å².